The molecule has 0 saturated carbocycles. The highest BCUT2D eigenvalue weighted by Crippen LogP contribution is 2.51. The molecule has 0 bridgehead atoms. The Morgan fingerprint density at radius 2 is 1.82 bits per heavy atom. The fourth-order valence-corrected chi connectivity index (χ4v) is 8.29. The van der Waals surface area contributed by atoms with E-state index >= 15 is 4.39 Å². The molecule has 1 amide bonds. The summed E-state index contributed by atoms with van der Waals surface area (Å²) in [5, 5.41) is 7.44. The summed E-state index contributed by atoms with van der Waals surface area (Å²) in [6, 6.07) is 1.05. The highest BCUT2D eigenvalue weighted by atomic mass is 79.9. The van der Waals surface area contributed by atoms with Crippen molar-refractivity contribution >= 4 is 44.5 Å². The number of halogens is 6. The highest BCUT2D eigenvalue weighted by molar-refractivity contribution is 9.10. The third kappa shape index (κ3) is 5.46. The molecule has 0 aliphatic carbocycles. The van der Waals surface area contributed by atoms with Crippen molar-refractivity contribution in [3.8, 4) is 11.1 Å². The van der Waals surface area contributed by atoms with Gasteiger partial charge in [0, 0.05) is 65.0 Å². The van der Waals surface area contributed by atoms with Crippen molar-refractivity contribution in [1.82, 2.24) is 34.3 Å². The maximum absolute atomic E-state index is 15.5. The molecule has 2 aromatic carbocycles. The van der Waals surface area contributed by atoms with Crippen LogP contribution in [0, 0.1) is 11.6 Å². The van der Waals surface area contributed by atoms with Crippen molar-refractivity contribution in [3.05, 3.63) is 81.6 Å². The van der Waals surface area contributed by atoms with Gasteiger partial charge in [-0.3, -0.25) is 14.3 Å². The van der Waals surface area contributed by atoms with Gasteiger partial charge in [-0.15, -0.1) is 16.9 Å². The summed E-state index contributed by atoms with van der Waals surface area (Å²) in [4.78, 5) is 33.5. The minimum atomic E-state index is -4.96. The number of alkyl halides is 3. The minimum absolute atomic E-state index is 0.0192. The molecule has 2 aliphatic heterocycles. The molecule has 1 fully saturated rings. The van der Waals surface area contributed by atoms with Crippen LogP contribution in [-0.4, -0.2) is 70.8 Å². The highest BCUT2D eigenvalue weighted by Gasteiger charge is 2.44. The summed E-state index contributed by atoms with van der Waals surface area (Å²) >= 11 is 4.02. The second kappa shape index (κ2) is 11.6. The number of carbonyl (C=O) groups is 1. The van der Waals surface area contributed by atoms with E-state index in [2.05, 4.69) is 37.8 Å². The lowest BCUT2D eigenvalue weighted by atomic mass is 9.96. The molecule has 9 nitrogen and oxygen atoms in total. The summed E-state index contributed by atoms with van der Waals surface area (Å²) in [5.41, 5.74) is -2.76. The van der Waals surface area contributed by atoms with Crippen LogP contribution in [0.4, 0.5) is 22.0 Å². The summed E-state index contributed by atoms with van der Waals surface area (Å²) < 4.78 is 76.8. The van der Waals surface area contributed by atoms with Crippen LogP contribution in [0.25, 0.3) is 22.0 Å². The van der Waals surface area contributed by atoms with E-state index in [0.29, 0.717) is 19.2 Å². The first-order valence-electron chi connectivity index (χ1n) is 13.8. The van der Waals surface area contributed by atoms with E-state index in [9.17, 15) is 27.2 Å². The van der Waals surface area contributed by atoms with Crippen LogP contribution in [0.3, 0.4) is 0 Å². The molecule has 4 atom stereocenters. The van der Waals surface area contributed by atoms with Gasteiger partial charge in [0.15, 0.2) is 0 Å². The van der Waals surface area contributed by atoms with Crippen molar-refractivity contribution in [2.45, 2.75) is 55.0 Å². The van der Waals surface area contributed by atoms with Crippen LogP contribution < -0.4 is 5.69 Å². The molecule has 0 spiro atoms. The number of amides is 1. The second-order valence-corrected chi connectivity index (χ2v) is 13.0. The van der Waals surface area contributed by atoms with Crippen LogP contribution in [0.1, 0.15) is 25.5 Å². The predicted octanol–water partition coefficient (Wildman–Crippen LogP) is 5.49. The molecule has 2 aliphatic rings. The zero-order valence-electron chi connectivity index (χ0n) is 23.8. The van der Waals surface area contributed by atoms with Crippen LogP contribution >= 0.6 is 27.7 Å². The van der Waals surface area contributed by atoms with Gasteiger partial charge in [0.05, 0.1) is 39.7 Å². The van der Waals surface area contributed by atoms with Crippen LogP contribution in [0.15, 0.2) is 63.6 Å². The first-order valence-corrected chi connectivity index (χ1v) is 15.5. The Labute approximate surface area is 265 Å². The molecule has 2 unspecified atom stereocenters. The lowest BCUT2D eigenvalue weighted by Crippen LogP contribution is -2.61. The van der Waals surface area contributed by atoms with Crippen molar-refractivity contribution in [1.29, 1.82) is 0 Å². The number of carbonyl (C=O) groups excluding carboxylic acids is 1. The van der Waals surface area contributed by atoms with Crippen LogP contribution in [-0.2, 0) is 17.5 Å². The first-order chi connectivity index (χ1) is 21.3. The Morgan fingerprint density at radius 1 is 1.11 bits per heavy atom. The van der Waals surface area contributed by atoms with E-state index in [1.54, 1.807) is 11.1 Å². The molecule has 1 saturated heterocycles. The number of aromatic nitrogens is 5. The minimum Gasteiger partial charge on any atom is -0.331 e. The fraction of sp³-hybridized carbons (Fsp3) is 0.345. The lowest BCUT2D eigenvalue weighted by Gasteiger charge is -2.47. The normalized spacial score (nSPS) is 22.4. The molecule has 4 aromatic rings. The molecule has 4 heterocycles. The van der Waals surface area contributed by atoms with Gasteiger partial charge in [0.25, 0.3) is 0 Å². The molecule has 45 heavy (non-hydrogen) atoms. The molecule has 0 radical (unpaired) electrons. The van der Waals surface area contributed by atoms with Crippen LogP contribution in [0.2, 0.25) is 0 Å². The third-order valence-electron chi connectivity index (χ3n) is 8.14. The number of benzene rings is 2. The summed E-state index contributed by atoms with van der Waals surface area (Å²) in [6.45, 7) is 7.91. The van der Waals surface area contributed by atoms with Gasteiger partial charge in [0.2, 0.25) is 5.91 Å². The zero-order chi connectivity index (χ0) is 32.4. The summed E-state index contributed by atoms with van der Waals surface area (Å²) in [7, 11) is 0. The summed E-state index contributed by atoms with van der Waals surface area (Å²) in [6.07, 6.45) is 0.394. The van der Waals surface area contributed by atoms with E-state index in [0.717, 1.165) is 30.1 Å². The molecule has 6 rings (SSSR count). The number of hydrogen-bond acceptors (Lipinski definition) is 7. The fourth-order valence-electron chi connectivity index (χ4n) is 6.34. The monoisotopic (exact) mass is 709 g/mol. The van der Waals surface area contributed by atoms with Gasteiger partial charge in [-0.25, -0.2) is 23.2 Å². The zero-order valence-corrected chi connectivity index (χ0v) is 26.2. The van der Waals surface area contributed by atoms with Crippen molar-refractivity contribution in [2.24, 2.45) is 0 Å². The molecular formula is C29H25BrF5N7O2S. The Morgan fingerprint density at radius 3 is 2.44 bits per heavy atom. The average Bonchev–Trinajstić information content (AvgIpc) is 3.44. The van der Waals surface area contributed by atoms with Crippen molar-refractivity contribution in [3.63, 3.8) is 0 Å². The Hall–Kier alpha value is -3.63. The number of piperazine rings is 1. The topological polar surface area (TPSA) is 89.2 Å². The van der Waals surface area contributed by atoms with E-state index in [-0.39, 0.29) is 44.8 Å². The quantitative estimate of drug-likeness (QED) is 0.157. The van der Waals surface area contributed by atoms with Gasteiger partial charge in [-0.2, -0.15) is 13.2 Å². The average molecular weight is 711 g/mol. The van der Waals surface area contributed by atoms with Gasteiger partial charge in [-0.1, -0.05) is 11.8 Å². The van der Waals surface area contributed by atoms with Gasteiger partial charge in [-0.05, 0) is 48.0 Å². The largest absolute Gasteiger partial charge is 0.417 e. The van der Waals surface area contributed by atoms with Gasteiger partial charge >= 0.3 is 11.9 Å². The van der Waals surface area contributed by atoms with Crippen molar-refractivity contribution in [2.75, 3.05) is 13.1 Å². The third-order valence-corrected chi connectivity index (χ3v) is 10.2. The maximum Gasteiger partial charge on any atom is 0.417 e. The molecule has 16 heteroatoms. The second-order valence-electron chi connectivity index (χ2n) is 11.0. The first kappa shape index (κ1) is 31.4. The van der Waals surface area contributed by atoms with E-state index in [4.69, 9.17) is 0 Å². The van der Waals surface area contributed by atoms with Gasteiger partial charge < -0.3 is 4.90 Å². The molecule has 2 aromatic heterocycles. The lowest BCUT2D eigenvalue weighted by molar-refractivity contribution is -0.137. The van der Waals surface area contributed by atoms with E-state index in [1.807, 2.05) is 18.7 Å². The number of thioether (sulfide) groups is 1. The number of rotatable bonds is 4. The summed E-state index contributed by atoms with van der Waals surface area (Å²) in [5.74, 6) is -2.43. The number of nitrogens with zero attached hydrogens (tertiary/aromatic N) is 7. The molecule has 236 valence electrons. The van der Waals surface area contributed by atoms with Crippen molar-refractivity contribution < 1.29 is 26.7 Å². The standard InChI is InChI=1S/C29H25BrF5N7O2S/c1-4-23(43)42-14(2)11-39(12-15(42)3)27-22(41-6-5-37-38-41)13-40-25-16(10-36-28(40)44)7-18(29(33,34)35)24(26(25)45-27)17-8-19(30)21(32)9-20(17)31/h4-10,14-15,22,27H,1,11-13H2,2-3H3/t14-,15+,22?,27?. The number of hydrogen-bond donors (Lipinski definition) is 0. The van der Waals surface area contributed by atoms with E-state index in [1.165, 1.54) is 21.5 Å². The Balaban J connectivity index is 1.64. The van der Waals surface area contributed by atoms with E-state index < -0.39 is 51.6 Å². The Kier molecular flexibility index (Phi) is 8.10. The smallest absolute Gasteiger partial charge is 0.331 e. The maximum atomic E-state index is 15.5. The molecule has 0 N–H and O–H groups in total. The molecular weight excluding hydrogens is 685 g/mol. The van der Waals surface area contributed by atoms with Crippen LogP contribution in [0.5, 0.6) is 0 Å². The van der Waals surface area contributed by atoms with Gasteiger partial charge in [0.1, 0.15) is 11.6 Å². The SMILES string of the molecule is C=CC(=O)N1[C@H](C)CN(C2Sc3c(-c4cc(Br)c(F)cc4F)c(C(F)(F)F)cc4cnc(=O)n(c34)CC2n2ccnn2)C[C@@H]1C. The predicted molar refractivity (Wildman–Crippen MR) is 160 cm³/mol. The Bertz CT molecular complexity index is 1870.